The van der Waals surface area contributed by atoms with Gasteiger partial charge in [0.05, 0.1) is 6.61 Å². The average Bonchev–Trinajstić information content (AvgIpc) is 3.27. The van der Waals surface area contributed by atoms with E-state index in [1.165, 1.54) is 116 Å². The summed E-state index contributed by atoms with van der Waals surface area (Å²) in [5.74, 6) is -0.438. The van der Waals surface area contributed by atoms with Gasteiger partial charge in [-0.1, -0.05) is 228 Å². The molecule has 0 N–H and O–H groups in total. The Kier molecular flexibility index (Phi) is 50.0. The van der Waals surface area contributed by atoms with Crippen LogP contribution in [0.2, 0.25) is 0 Å². The number of rotatable bonds is 47. The number of hydrogen-bond acceptors (Lipinski definition) is 5. The van der Waals surface area contributed by atoms with Gasteiger partial charge in [-0.3, -0.25) is 9.59 Å². The summed E-state index contributed by atoms with van der Waals surface area (Å²) in [6.07, 6.45) is 68.9. The lowest BCUT2D eigenvalue weighted by atomic mass is 10.0. The van der Waals surface area contributed by atoms with Gasteiger partial charge in [-0.05, 0) is 83.5 Å². The fourth-order valence-electron chi connectivity index (χ4n) is 7.04. The van der Waals surface area contributed by atoms with Crippen molar-refractivity contribution in [1.82, 2.24) is 0 Å². The van der Waals surface area contributed by atoms with E-state index in [0.717, 1.165) is 89.9 Å². The van der Waals surface area contributed by atoms with E-state index < -0.39 is 6.10 Å². The maximum atomic E-state index is 12.8. The topological polar surface area (TPSA) is 61.8 Å². The summed E-state index contributed by atoms with van der Waals surface area (Å²) >= 11 is 0. The minimum absolute atomic E-state index is 0.0578. The van der Waals surface area contributed by atoms with Gasteiger partial charge in [0.2, 0.25) is 0 Å². The van der Waals surface area contributed by atoms with E-state index in [0.29, 0.717) is 19.4 Å². The fraction of sp³-hybridized carbons (Fsp3) is 0.719. The van der Waals surface area contributed by atoms with Gasteiger partial charge in [-0.2, -0.15) is 0 Å². The predicted octanol–water partition coefficient (Wildman–Crippen LogP) is 17.7. The zero-order valence-electron chi connectivity index (χ0n) is 40.9. The molecule has 0 saturated heterocycles. The predicted molar refractivity (Wildman–Crippen MR) is 270 cm³/mol. The first-order valence-corrected chi connectivity index (χ1v) is 26.1. The molecule has 0 rings (SSSR count). The third kappa shape index (κ3) is 49.7. The van der Waals surface area contributed by atoms with Gasteiger partial charge < -0.3 is 14.2 Å². The molecule has 1 unspecified atom stereocenters. The largest absolute Gasteiger partial charge is 0.462 e. The molecule has 1 atom stereocenters. The highest BCUT2D eigenvalue weighted by molar-refractivity contribution is 5.70. The highest BCUT2D eigenvalue weighted by Gasteiger charge is 2.17. The molecule has 0 saturated carbocycles. The van der Waals surface area contributed by atoms with E-state index in [-0.39, 0.29) is 25.2 Å². The second-order valence-electron chi connectivity index (χ2n) is 17.0. The monoisotopic (exact) mass is 863 g/mol. The molecule has 0 spiro atoms. The molecule has 0 heterocycles. The van der Waals surface area contributed by atoms with Gasteiger partial charge in [0.1, 0.15) is 6.61 Å². The van der Waals surface area contributed by atoms with E-state index in [1.54, 1.807) is 0 Å². The molecule has 0 fully saturated rings. The Morgan fingerprint density at radius 1 is 0.371 bits per heavy atom. The van der Waals surface area contributed by atoms with Gasteiger partial charge in [0.25, 0.3) is 0 Å². The van der Waals surface area contributed by atoms with Gasteiger partial charge in [-0.25, -0.2) is 0 Å². The zero-order chi connectivity index (χ0) is 44.9. The summed E-state index contributed by atoms with van der Waals surface area (Å²) in [7, 11) is 0. The third-order valence-corrected chi connectivity index (χ3v) is 10.9. The molecule has 0 radical (unpaired) electrons. The van der Waals surface area contributed by atoms with E-state index in [4.69, 9.17) is 14.2 Å². The van der Waals surface area contributed by atoms with Crippen molar-refractivity contribution < 1.29 is 23.8 Å². The van der Waals surface area contributed by atoms with Gasteiger partial charge in [0, 0.05) is 19.4 Å². The summed E-state index contributed by atoms with van der Waals surface area (Å²) in [4.78, 5) is 25.4. The van der Waals surface area contributed by atoms with E-state index in [9.17, 15) is 9.59 Å². The van der Waals surface area contributed by atoms with Crippen LogP contribution < -0.4 is 0 Å². The van der Waals surface area contributed by atoms with Crippen molar-refractivity contribution in [1.29, 1.82) is 0 Å². The molecule has 0 aliphatic carbocycles. The minimum Gasteiger partial charge on any atom is -0.462 e. The molecule has 0 amide bonds. The fourth-order valence-corrected chi connectivity index (χ4v) is 7.04. The van der Waals surface area contributed by atoms with Crippen LogP contribution in [0.1, 0.15) is 239 Å². The van der Waals surface area contributed by atoms with E-state index in [1.807, 2.05) is 0 Å². The normalized spacial score (nSPS) is 12.9. The molecule has 5 heteroatoms. The van der Waals surface area contributed by atoms with Crippen molar-refractivity contribution in [3.8, 4) is 0 Å². The second-order valence-corrected chi connectivity index (χ2v) is 17.0. The summed E-state index contributed by atoms with van der Waals surface area (Å²) < 4.78 is 17.3. The van der Waals surface area contributed by atoms with Crippen LogP contribution in [0, 0.1) is 0 Å². The molecule has 356 valence electrons. The SMILES string of the molecule is CC/C=C\C/C=C\C/C=C\C/C=C\C/C=C\C/C=C\CCCOCC(COC(=O)CCCCCCCCCCCCCCCCC)OC(=O)CCCCCCC/C=C\CCCC. The summed E-state index contributed by atoms with van der Waals surface area (Å²) in [5.41, 5.74) is 0. The first kappa shape index (κ1) is 59.1. The van der Waals surface area contributed by atoms with E-state index in [2.05, 4.69) is 106 Å². The Bertz CT molecular complexity index is 1160. The Balaban J connectivity index is 4.34. The molecule has 5 nitrogen and oxygen atoms in total. The number of unbranched alkanes of at least 4 members (excludes halogenated alkanes) is 22. The first-order valence-electron chi connectivity index (χ1n) is 26.1. The molecule has 0 aliphatic heterocycles. The Morgan fingerprint density at radius 3 is 1.23 bits per heavy atom. The zero-order valence-corrected chi connectivity index (χ0v) is 40.9. The first-order chi connectivity index (χ1) is 30.6. The number of allylic oxidation sites excluding steroid dienone is 14. The Morgan fingerprint density at radius 2 is 0.742 bits per heavy atom. The van der Waals surface area contributed by atoms with Crippen LogP contribution in [0.25, 0.3) is 0 Å². The smallest absolute Gasteiger partial charge is 0.306 e. The summed E-state index contributed by atoms with van der Waals surface area (Å²) in [6, 6.07) is 0. The van der Waals surface area contributed by atoms with Crippen LogP contribution in [-0.4, -0.2) is 37.9 Å². The molecule has 0 aromatic heterocycles. The lowest BCUT2D eigenvalue weighted by Gasteiger charge is -2.18. The molecule has 0 aliphatic rings. The van der Waals surface area contributed by atoms with Crippen molar-refractivity contribution in [2.24, 2.45) is 0 Å². The van der Waals surface area contributed by atoms with Crippen LogP contribution in [0.3, 0.4) is 0 Å². The summed E-state index contributed by atoms with van der Waals surface area (Å²) in [5, 5.41) is 0. The molecule has 0 aromatic carbocycles. The highest BCUT2D eigenvalue weighted by Crippen LogP contribution is 2.15. The number of esters is 2. The van der Waals surface area contributed by atoms with Crippen LogP contribution in [-0.2, 0) is 23.8 Å². The van der Waals surface area contributed by atoms with Crippen molar-refractivity contribution in [3.05, 3.63) is 85.1 Å². The maximum absolute atomic E-state index is 12.8. The minimum atomic E-state index is -0.571. The summed E-state index contributed by atoms with van der Waals surface area (Å²) in [6.45, 7) is 7.54. The number of carbonyl (C=O) groups excluding carboxylic acids is 2. The molecule has 62 heavy (non-hydrogen) atoms. The second kappa shape index (κ2) is 52.4. The quantitative estimate of drug-likeness (QED) is 0.0346. The highest BCUT2D eigenvalue weighted by atomic mass is 16.6. The standard InChI is InChI=1S/C57H98O5/c1-4-7-10-13-16-19-22-24-26-27-28-29-30-32-34-37-40-43-46-49-52-60-53-55(62-57(59)51-48-45-42-39-35-21-18-15-12-9-6-3)54-61-56(58)50-47-44-41-38-36-33-31-25-23-20-17-14-11-8-5-2/h7,10,15-16,18-19,24,26,28-29,32,34,40,43,55H,4-6,8-9,11-14,17,20-23,25,27,30-31,33,35-39,41-42,44-54H2,1-3H3/b10-7-,18-15-,19-16-,26-24-,29-28-,34-32-,43-40-. The van der Waals surface area contributed by atoms with Gasteiger partial charge in [-0.15, -0.1) is 0 Å². The molecule has 0 aromatic rings. The van der Waals surface area contributed by atoms with Crippen molar-refractivity contribution in [2.45, 2.75) is 245 Å². The molecule has 0 bridgehead atoms. The van der Waals surface area contributed by atoms with Crippen LogP contribution in [0.5, 0.6) is 0 Å². The maximum Gasteiger partial charge on any atom is 0.306 e. The number of hydrogen-bond donors (Lipinski definition) is 0. The van der Waals surface area contributed by atoms with Gasteiger partial charge >= 0.3 is 11.9 Å². The van der Waals surface area contributed by atoms with E-state index >= 15 is 0 Å². The number of carbonyl (C=O) groups is 2. The molecular formula is C57H98O5. The Labute approximate surface area is 384 Å². The van der Waals surface area contributed by atoms with Crippen LogP contribution in [0.4, 0.5) is 0 Å². The third-order valence-electron chi connectivity index (χ3n) is 10.9. The van der Waals surface area contributed by atoms with Crippen molar-refractivity contribution in [3.63, 3.8) is 0 Å². The van der Waals surface area contributed by atoms with Crippen molar-refractivity contribution in [2.75, 3.05) is 19.8 Å². The molecular weight excluding hydrogens is 765 g/mol. The Hall–Kier alpha value is -2.92. The van der Waals surface area contributed by atoms with Crippen LogP contribution >= 0.6 is 0 Å². The number of ether oxygens (including phenoxy) is 3. The van der Waals surface area contributed by atoms with Crippen LogP contribution in [0.15, 0.2) is 85.1 Å². The van der Waals surface area contributed by atoms with Gasteiger partial charge in [0.15, 0.2) is 6.10 Å². The average molecular weight is 863 g/mol. The van der Waals surface area contributed by atoms with Crippen molar-refractivity contribution >= 4 is 11.9 Å². The lowest BCUT2D eigenvalue weighted by Crippen LogP contribution is -2.30. The lowest BCUT2D eigenvalue weighted by molar-refractivity contribution is -0.163.